The first kappa shape index (κ1) is 26.4. The Hall–Kier alpha value is -2.16. The van der Waals surface area contributed by atoms with Gasteiger partial charge in [-0.05, 0) is 35.7 Å². The third kappa shape index (κ3) is 6.29. The van der Waals surface area contributed by atoms with Gasteiger partial charge in [0.2, 0.25) is 11.8 Å². The Labute approximate surface area is 210 Å². The van der Waals surface area contributed by atoms with E-state index in [1.165, 1.54) is 0 Å². The van der Waals surface area contributed by atoms with Crippen molar-refractivity contribution < 1.29 is 14.3 Å². The Morgan fingerprint density at radius 1 is 1.12 bits per heavy atom. The van der Waals surface area contributed by atoms with Crippen LogP contribution in [0.3, 0.4) is 0 Å². The number of nitrogens with zero attached hydrogens (tertiary/aromatic N) is 2. The summed E-state index contributed by atoms with van der Waals surface area (Å²) in [5, 5.41) is 1.23. The topological polar surface area (TPSA) is 102 Å². The molecule has 0 aliphatic carbocycles. The fourth-order valence-corrected chi connectivity index (χ4v) is 5.12. The molecule has 4 unspecified atom stereocenters. The predicted octanol–water partition coefficient (Wildman–Crippen LogP) is 2.68. The smallest absolute Gasteiger partial charge is 0.240 e. The maximum Gasteiger partial charge on any atom is 0.240 e. The SMILES string of the molecule is COCC1CN(C(C(N)=O)C(C)c2ccccc2Cl)CCN1C(=O)C(N)Cc1ccc(Cl)cc1. The van der Waals surface area contributed by atoms with E-state index in [1.54, 1.807) is 30.2 Å². The van der Waals surface area contributed by atoms with Crippen molar-refractivity contribution in [2.24, 2.45) is 11.5 Å². The lowest BCUT2D eigenvalue weighted by Gasteiger charge is -2.45. The number of halogens is 2. The molecular weight excluding hydrogens is 475 g/mol. The van der Waals surface area contributed by atoms with Gasteiger partial charge in [-0.15, -0.1) is 0 Å². The van der Waals surface area contributed by atoms with Gasteiger partial charge in [-0.2, -0.15) is 0 Å². The van der Waals surface area contributed by atoms with Crippen molar-refractivity contribution in [3.63, 3.8) is 0 Å². The van der Waals surface area contributed by atoms with E-state index >= 15 is 0 Å². The molecule has 0 saturated carbocycles. The van der Waals surface area contributed by atoms with Crippen LogP contribution in [0.15, 0.2) is 48.5 Å². The molecule has 4 N–H and O–H groups in total. The number of hydrogen-bond acceptors (Lipinski definition) is 5. The van der Waals surface area contributed by atoms with E-state index in [2.05, 4.69) is 0 Å². The highest BCUT2D eigenvalue weighted by molar-refractivity contribution is 6.31. The summed E-state index contributed by atoms with van der Waals surface area (Å²) >= 11 is 12.3. The quantitative estimate of drug-likeness (QED) is 0.544. The van der Waals surface area contributed by atoms with Crippen LogP contribution in [-0.2, 0) is 20.7 Å². The van der Waals surface area contributed by atoms with Crippen LogP contribution in [0, 0.1) is 0 Å². The minimum atomic E-state index is -0.693. The highest BCUT2D eigenvalue weighted by Crippen LogP contribution is 2.30. The fraction of sp³-hybridized carbons (Fsp3) is 0.440. The summed E-state index contributed by atoms with van der Waals surface area (Å²) in [5.74, 6) is -0.793. The van der Waals surface area contributed by atoms with E-state index in [4.69, 9.17) is 39.4 Å². The van der Waals surface area contributed by atoms with Gasteiger partial charge in [0.15, 0.2) is 0 Å². The van der Waals surface area contributed by atoms with Gasteiger partial charge in [0.25, 0.3) is 0 Å². The van der Waals surface area contributed by atoms with Crippen molar-refractivity contribution in [2.75, 3.05) is 33.4 Å². The largest absolute Gasteiger partial charge is 0.382 e. The monoisotopic (exact) mass is 506 g/mol. The molecular formula is C25H32Cl2N4O3. The molecule has 3 rings (SSSR count). The van der Waals surface area contributed by atoms with Gasteiger partial charge < -0.3 is 21.1 Å². The summed E-state index contributed by atoms with van der Waals surface area (Å²) in [7, 11) is 1.59. The standard InChI is InChI=1S/C25H32Cl2N4O3/c1-16(20-5-3-4-6-21(20)27)23(24(29)32)30-11-12-31(19(14-30)15-34-2)25(33)22(28)13-17-7-9-18(26)10-8-17/h3-10,16,19,22-23H,11-15,28H2,1-2H3,(H2,29,32). The molecule has 2 amide bonds. The van der Waals surface area contributed by atoms with Crippen LogP contribution in [-0.4, -0.2) is 73.1 Å². The van der Waals surface area contributed by atoms with Crippen molar-refractivity contribution >= 4 is 35.0 Å². The molecule has 9 heteroatoms. The Kier molecular flexibility index (Phi) is 9.33. The molecule has 34 heavy (non-hydrogen) atoms. The molecule has 1 saturated heterocycles. The molecule has 4 atom stereocenters. The van der Waals surface area contributed by atoms with Crippen LogP contribution in [0.5, 0.6) is 0 Å². The summed E-state index contributed by atoms with van der Waals surface area (Å²) < 4.78 is 5.41. The van der Waals surface area contributed by atoms with Crippen LogP contribution >= 0.6 is 23.2 Å². The number of methoxy groups -OCH3 is 1. The molecule has 1 heterocycles. The number of primary amides is 1. The number of nitrogens with two attached hydrogens (primary N) is 2. The van der Waals surface area contributed by atoms with Gasteiger partial charge in [0.1, 0.15) is 0 Å². The second-order valence-corrected chi connectivity index (χ2v) is 9.57. The third-order valence-electron chi connectivity index (χ3n) is 6.40. The van der Waals surface area contributed by atoms with Crippen LogP contribution in [0.2, 0.25) is 10.0 Å². The van der Waals surface area contributed by atoms with E-state index in [0.717, 1.165) is 11.1 Å². The summed E-state index contributed by atoms with van der Waals surface area (Å²) in [6.45, 7) is 3.61. The van der Waals surface area contributed by atoms with Gasteiger partial charge in [0.05, 0.1) is 24.7 Å². The zero-order valence-electron chi connectivity index (χ0n) is 19.5. The molecule has 7 nitrogen and oxygen atoms in total. The van der Waals surface area contributed by atoms with Gasteiger partial charge >= 0.3 is 0 Å². The Bertz CT molecular complexity index is 988. The number of amides is 2. The second kappa shape index (κ2) is 12.0. The van der Waals surface area contributed by atoms with Crippen molar-refractivity contribution in [1.82, 2.24) is 9.80 Å². The number of rotatable bonds is 9. The lowest BCUT2D eigenvalue weighted by molar-refractivity contribution is -0.141. The number of carbonyl (C=O) groups is 2. The first-order valence-electron chi connectivity index (χ1n) is 11.3. The van der Waals surface area contributed by atoms with Gasteiger partial charge in [0, 0.05) is 42.7 Å². The van der Waals surface area contributed by atoms with Crippen molar-refractivity contribution in [2.45, 2.75) is 37.4 Å². The van der Waals surface area contributed by atoms with E-state index < -0.39 is 18.0 Å². The Morgan fingerprint density at radius 3 is 2.41 bits per heavy atom. The molecule has 2 aromatic carbocycles. The third-order valence-corrected chi connectivity index (χ3v) is 6.99. The molecule has 0 bridgehead atoms. The maximum absolute atomic E-state index is 13.3. The predicted molar refractivity (Wildman–Crippen MR) is 135 cm³/mol. The molecule has 1 fully saturated rings. The molecule has 0 radical (unpaired) electrons. The van der Waals surface area contributed by atoms with Crippen LogP contribution in [0.25, 0.3) is 0 Å². The zero-order chi connectivity index (χ0) is 24.8. The number of benzene rings is 2. The second-order valence-electron chi connectivity index (χ2n) is 8.73. The molecule has 1 aliphatic rings. The minimum Gasteiger partial charge on any atom is -0.382 e. The number of ether oxygens (including phenoxy) is 1. The maximum atomic E-state index is 13.3. The van der Waals surface area contributed by atoms with Crippen molar-refractivity contribution in [1.29, 1.82) is 0 Å². The Morgan fingerprint density at radius 2 is 1.79 bits per heavy atom. The van der Waals surface area contributed by atoms with Crippen LogP contribution in [0.4, 0.5) is 0 Å². The molecule has 0 aromatic heterocycles. The lowest BCUT2D eigenvalue weighted by Crippen LogP contribution is -2.63. The number of hydrogen-bond donors (Lipinski definition) is 2. The van der Waals surface area contributed by atoms with Gasteiger partial charge in [-0.25, -0.2) is 0 Å². The van der Waals surface area contributed by atoms with E-state index in [-0.39, 0.29) is 17.9 Å². The fourth-order valence-electron chi connectivity index (χ4n) is 4.69. The molecule has 1 aliphatic heterocycles. The average molecular weight is 507 g/mol. The lowest BCUT2D eigenvalue weighted by atomic mass is 9.90. The normalized spacial score (nSPS) is 19.4. The number of piperazine rings is 1. The van der Waals surface area contributed by atoms with E-state index in [0.29, 0.717) is 42.7 Å². The zero-order valence-corrected chi connectivity index (χ0v) is 21.0. The Balaban J connectivity index is 1.74. The molecule has 184 valence electrons. The summed E-state index contributed by atoms with van der Waals surface area (Å²) in [5.41, 5.74) is 13.9. The summed E-state index contributed by atoms with van der Waals surface area (Å²) in [6.07, 6.45) is 0.406. The molecule has 0 spiro atoms. The average Bonchev–Trinajstić information content (AvgIpc) is 2.80. The van der Waals surface area contributed by atoms with Gasteiger partial charge in [-0.3, -0.25) is 14.5 Å². The first-order chi connectivity index (χ1) is 16.2. The van der Waals surface area contributed by atoms with E-state index in [9.17, 15) is 9.59 Å². The van der Waals surface area contributed by atoms with Crippen molar-refractivity contribution in [3.05, 3.63) is 69.7 Å². The summed E-state index contributed by atoms with van der Waals surface area (Å²) in [4.78, 5) is 29.6. The number of carbonyl (C=O) groups excluding carboxylic acids is 2. The molecule has 2 aromatic rings. The van der Waals surface area contributed by atoms with E-state index in [1.807, 2.05) is 42.2 Å². The van der Waals surface area contributed by atoms with Gasteiger partial charge in [-0.1, -0.05) is 60.5 Å². The van der Waals surface area contributed by atoms with Crippen LogP contribution in [0.1, 0.15) is 24.0 Å². The minimum absolute atomic E-state index is 0.147. The highest BCUT2D eigenvalue weighted by atomic mass is 35.5. The first-order valence-corrected chi connectivity index (χ1v) is 12.1. The highest BCUT2D eigenvalue weighted by Gasteiger charge is 2.39. The van der Waals surface area contributed by atoms with Crippen LogP contribution < -0.4 is 11.5 Å². The van der Waals surface area contributed by atoms with Crippen molar-refractivity contribution in [3.8, 4) is 0 Å². The summed E-state index contributed by atoms with van der Waals surface area (Å²) in [6, 6.07) is 13.2.